The Morgan fingerprint density at radius 3 is 2.15 bits per heavy atom. The number of nitrogens with zero attached hydrogens (tertiary/aromatic N) is 1. The zero-order chi connectivity index (χ0) is 18.2. The van der Waals surface area contributed by atoms with E-state index in [-0.39, 0.29) is 24.2 Å². The smallest absolute Gasteiger partial charge is 0.309 e. The van der Waals surface area contributed by atoms with Crippen molar-refractivity contribution in [1.29, 1.82) is 0 Å². The van der Waals surface area contributed by atoms with Crippen molar-refractivity contribution < 1.29 is 13.2 Å². The molecule has 0 N–H and O–H groups in total. The Balaban J connectivity index is 0.00000243. The first-order chi connectivity index (χ1) is 11.8. The SMILES string of the molecule is C[C@H]1c2ccccc2[C@@H](CCCN(C)C)c2cc(C(F)(F)F)ccc21.Cl. The van der Waals surface area contributed by atoms with E-state index >= 15 is 0 Å². The van der Waals surface area contributed by atoms with E-state index in [9.17, 15) is 13.2 Å². The van der Waals surface area contributed by atoms with Crippen LogP contribution >= 0.6 is 12.4 Å². The molecule has 3 rings (SSSR count). The van der Waals surface area contributed by atoms with Crippen molar-refractivity contribution >= 4 is 12.4 Å². The first-order valence-corrected chi connectivity index (χ1v) is 8.73. The normalized spacial score (nSPS) is 18.9. The Hall–Kier alpha value is -1.52. The molecule has 0 radical (unpaired) electrons. The van der Waals surface area contributed by atoms with Gasteiger partial charge in [-0.2, -0.15) is 13.2 Å². The predicted molar refractivity (Wildman–Crippen MR) is 102 cm³/mol. The van der Waals surface area contributed by atoms with Crippen LogP contribution in [-0.2, 0) is 6.18 Å². The third kappa shape index (κ3) is 4.07. The molecule has 1 aliphatic carbocycles. The third-order valence-corrected chi connectivity index (χ3v) is 5.19. The molecule has 0 unspecified atom stereocenters. The van der Waals surface area contributed by atoms with E-state index in [1.54, 1.807) is 6.07 Å². The van der Waals surface area contributed by atoms with Gasteiger partial charge < -0.3 is 4.90 Å². The zero-order valence-corrected chi connectivity index (χ0v) is 16.1. The molecule has 0 bridgehead atoms. The minimum atomic E-state index is -4.30. The number of hydrogen-bond acceptors (Lipinski definition) is 1. The number of alkyl halides is 3. The quantitative estimate of drug-likeness (QED) is 0.619. The highest BCUT2D eigenvalue weighted by Gasteiger charge is 2.35. The second-order valence-corrected chi connectivity index (χ2v) is 7.19. The highest BCUT2D eigenvalue weighted by molar-refractivity contribution is 5.85. The minimum Gasteiger partial charge on any atom is -0.309 e. The molecule has 0 heterocycles. The lowest BCUT2D eigenvalue weighted by Crippen LogP contribution is -2.20. The molecule has 5 heteroatoms. The second kappa shape index (κ2) is 8.01. The summed E-state index contributed by atoms with van der Waals surface area (Å²) < 4.78 is 39.7. The Labute approximate surface area is 159 Å². The Kier molecular flexibility index (Phi) is 6.41. The summed E-state index contributed by atoms with van der Waals surface area (Å²) >= 11 is 0. The summed E-state index contributed by atoms with van der Waals surface area (Å²) in [6.45, 7) is 3.02. The van der Waals surface area contributed by atoms with E-state index in [1.807, 2.05) is 26.2 Å². The maximum absolute atomic E-state index is 13.2. The molecular formula is C21H25ClF3N. The monoisotopic (exact) mass is 383 g/mol. The molecule has 142 valence electrons. The van der Waals surface area contributed by atoms with Gasteiger partial charge in [0.25, 0.3) is 0 Å². The van der Waals surface area contributed by atoms with Crippen LogP contribution in [0.2, 0.25) is 0 Å². The van der Waals surface area contributed by atoms with Crippen LogP contribution in [-0.4, -0.2) is 25.5 Å². The summed E-state index contributed by atoms with van der Waals surface area (Å²) in [5.41, 5.74) is 3.75. The summed E-state index contributed by atoms with van der Waals surface area (Å²) in [7, 11) is 4.04. The topological polar surface area (TPSA) is 3.24 Å². The van der Waals surface area contributed by atoms with Crippen molar-refractivity contribution in [3.05, 3.63) is 70.3 Å². The van der Waals surface area contributed by atoms with Crippen molar-refractivity contribution in [2.45, 2.75) is 37.8 Å². The number of fused-ring (bicyclic) bond motifs is 2. The lowest BCUT2D eigenvalue weighted by molar-refractivity contribution is -0.137. The molecule has 1 aliphatic rings. The molecule has 2 aromatic rings. The summed E-state index contributed by atoms with van der Waals surface area (Å²) in [6.07, 6.45) is -2.49. The Bertz CT molecular complexity index is 755. The van der Waals surface area contributed by atoms with Crippen molar-refractivity contribution in [3.8, 4) is 0 Å². The summed E-state index contributed by atoms with van der Waals surface area (Å²) in [6, 6.07) is 12.5. The molecule has 2 atom stereocenters. The van der Waals surface area contributed by atoms with Gasteiger partial charge in [0, 0.05) is 11.8 Å². The average Bonchev–Trinajstić information content (AvgIpc) is 2.56. The number of halogens is 4. The molecule has 1 nitrogen and oxygen atoms in total. The second-order valence-electron chi connectivity index (χ2n) is 7.19. The van der Waals surface area contributed by atoms with Crippen LogP contribution in [0.3, 0.4) is 0 Å². The van der Waals surface area contributed by atoms with Crippen LogP contribution in [0, 0.1) is 0 Å². The average molecular weight is 384 g/mol. The van der Waals surface area contributed by atoms with Gasteiger partial charge in [0.05, 0.1) is 5.56 Å². The summed E-state index contributed by atoms with van der Waals surface area (Å²) in [5, 5.41) is 0. The van der Waals surface area contributed by atoms with Gasteiger partial charge in [0.1, 0.15) is 0 Å². The molecule has 0 spiro atoms. The van der Waals surface area contributed by atoms with Gasteiger partial charge in [-0.3, -0.25) is 0 Å². The van der Waals surface area contributed by atoms with Crippen LogP contribution in [0.5, 0.6) is 0 Å². The van der Waals surface area contributed by atoms with Gasteiger partial charge in [-0.25, -0.2) is 0 Å². The highest BCUT2D eigenvalue weighted by atomic mass is 35.5. The van der Waals surface area contributed by atoms with Gasteiger partial charge in [0.2, 0.25) is 0 Å². The van der Waals surface area contributed by atoms with Crippen LogP contribution in [0.4, 0.5) is 13.2 Å². The molecule has 2 aromatic carbocycles. The van der Waals surface area contributed by atoms with E-state index < -0.39 is 11.7 Å². The molecular weight excluding hydrogens is 359 g/mol. The molecule has 0 saturated heterocycles. The Morgan fingerprint density at radius 1 is 0.923 bits per heavy atom. The summed E-state index contributed by atoms with van der Waals surface area (Å²) in [4.78, 5) is 2.12. The van der Waals surface area contributed by atoms with E-state index in [2.05, 4.69) is 24.0 Å². The first-order valence-electron chi connectivity index (χ1n) is 8.73. The zero-order valence-electron chi connectivity index (χ0n) is 15.3. The van der Waals surface area contributed by atoms with Crippen molar-refractivity contribution in [1.82, 2.24) is 4.90 Å². The molecule has 0 aliphatic heterocycles. The fraction of sp³-hybridized carbons (Fsp3) is 0.429. The summed E-state index contributed by atoms with van der Waals surface area (Å²) in [5.74, 6) is 0.156. The predicted octanol–water partition coefficient (Wildman–Crippen LogP) is 6.07. The lowest BCUT2D eigenvalue weighted by atomic mass is 9.71. The molecule has 0 amide bonds. The van der Waals surface area contributed by atoms with E-state index in [0.717, 1.165) is 30.5 Å². The molecule has 26 heavy (non-hydrogen) atoms. The lowest BCUT2D eigenvalue weighted by Gasteiger charge is -2.33. The van der Waals surface area contributed by atoms with Gasteiger partial charge >= 0.3 is 6.18 Å². The van der Waals surface area contributed by atoms with Crippen LogP contribution in [0.15, 0.2) is 42.5 Å². The van der Waals surface area contributed by atoms with Gasteiger partial charge in [0.15, 0.2) is 0 Å². The van der Waals surface area contributed by atoms with Crippen LogP contribution < -0.4 is 0 Å². The van der Waals surface area contributed by atoms with Gasteiger partial charge in [-0.1, -0.05) is 37.3 Å². The van der Waals surface area contributed by atoms with Crippen molar-refractivity contribution in [2.24, 2.45) is 0 Å². The van der Waals surface area contributed by atoms with Gasteiger partial charge in [-0.15, -0.1) is 12.4 Å². The fourth-order valence-electron chi connectivity index (χ4n) is 3.93. The first kappa shape index (κ1) is 20.8. The van der Waals surface area contributed by atoms with E-state index in [0.29, 0.717) is 0 Å². The van der Waals surface area contributed by atoms with Crippen LogP contribution in [0.25, 0.3) is 0 Å². The fourth-order valence-corrected chi connectivity index (χ4v) is 3.93. The minimum absolute atomic E-state index is 0. The number of benzene rings is 2. The number of hydrogen-bond donors (Lipinski definition) is 0. The maximum Gasteiger partial charge on any atom is 0.416 e. The van der Waals surface area contributed by atoms with E-state index in [1.165, 1.54) is 23.3 Å². The van der Waals surface area contributed by atoms with Crippen molar-refractivity contribution in [2.75, 3.05) is 20.6 Å². The highest BCUT2D eigenvalue weighted by Crippen LogP contribution is 2.46. The van der Waals surface area contributed by atoms with Gasteiger partial charge in [-0.05, 0) is 67.9 Å². The molecule has 0 saturated carbocycles. The van der Waals surface area contributed by atoms with Crippen LogP contribution in [0.1, 0.15) is 59.4 Å². The Morgan fingerprint density at radius 2 is 1.54 bits per heavy atom. The third-order valence-electron chi connectivity index (χ3n) is 5.19. The van der Waals surface area contributed by atoms with E-state index in [4.69, 9.17) is 0 Å². The standard InChI is InChI=1S/C21H24F3N.ClH/c1-14-16-7-4-5-8-18(16)19(9-6-12-25(2)3)20-13-15(21(22,23)24)10-11-17(14)20;/h4-5,7-8,10-11,13-14,19H,6,9,12H2,1-3H3;1H/t14-,19+;/m0./s1. The maximum atomic E-state index is 13.2. The molecule has 0 fully saturated rings. The number of rotatable bonds is 4. The van der Waals surface area contributed by atoms with Crippen molar-refractivity contribution in [3.63, 3.8) is 0 Å². The molecule has 0 aromatic heterocycles. The largest absolute Gasteiger partial charge is 0.416 e.